The molecule has 8 heteroatoms. The Morgan fingerprint density at radius 3 is 2.95 bits per heavy atom. The fourth-order valence-corrected chi connectivity index (χ4v) is 2.48. The first-order chi connectivity index (χ1) is 10.6. The lowest BCUT2D eigenvalue weighted by molar-refractivity contribution is 0.243. The number of pyridine rings is 1. The average molecular weight is 301 g/mol. The largest absolute Gasteiger partial charge is 0.356 e. The molecule has 1 aliphatic heterocycles. The van der Waals surface area contributed by atoms with Crippen LogP contribution in [0.5, 0.6) is 0 Å². The zero-order valence-corrected chi connectivity index (χ0v) is 12.9. The second kappa shape index (κ2) is 5.63. The third-order valence-corrected chi connectivity index (χ3v) is 3.72. The minimum atomic E-state index is -0.240. The number of fused-ring (bicyclic) bond motifs is 1. The summed E-state index contributed by atoms with van der Waals surface area (Å²) in [5.74, 6) is 1.45. The molecule has 2 amide bonds. The van der Waals surface area contributed by atoms with E-state index in [4.69, 9.17) is 0 Å². The summed E-state index contributed by atoms with van der Waals surface area (Å²) in [6.45, 7) is 5.19. The topological polar surface area (TPSA) is 90.0 Å². The van der Waals surface area contributed by atoms with Crippen molar-refractivity contribution in [2.45, 2.75) is 19.9 Å². The maximum Gasteiger partial charge on any atom is 0.322 e. The number of hydrogen-bond donors (Lipinski definition) is 2. The van der Waals surface area contributed by atoms with E-state index >= 15 is 0 Å². The summed E-state index contributed by atoms with van der Waals surface area (Å²) in [5, 5.41) is 9.50. The smallest absolute Gasteiger partial charge is 0.322 e. The minimum absolute atomic E-state index is 0.161. The van der Waals surface area contributed by atoms with E-state index in [1.54, 1.807) is 4.90 Å². The Morgan fingerprint density at radius 1 is 1.41 bits per heavy atom. The predicted octanol–water partition coefficient (Wildman–Crippen LogP) is 1.24. The lowest BCUT2D eigenvalue weighted by Gasteiger charge is -2.35. The van der Waals surface area contributed by atoms with E-state index in [1.807, 2.05) is 33.2 Å². The molecule has 2 aromatic rings. The molecule has 0 bridgehead atoms. The maximum atomic E-state index is 12.6. The van der Waals surface area contributed by atoms with Crippen LogP contribution < -0.4 is 15.1 Å². The van der Waals surface area contributed by atoms with Gasteiger partial charge in [-0.05, 0) is 25.5 Å². The Morgan fingerprint density at radius 2 is 2.23 bits per heavy atom. The first-order valence-electron chi connectivity index (χ1n) is 7.17. The molecule has 0 fully saturated rings. The Balaban J connectivity index is 1.82. The van der Waals surface area contributed by atoms with Crippen molar-refractivity contribution >= 4 is 17.5 Å². The standard InChI is InChI=1S/C14H19N7O/c1-9-6-11-13(15-7-9)20(3)4-5-21(11)14(22)18-10(2)12-16-8-17-19-12/h6-8,10H,4-5H2,1-3H3,(H,18,22)(H,16,17,19). The second-order valence-corrected chi connectivity index (χ2v) is 5.47. The van der Waals surface area contributed by atoms with Crippen molar-refractivity contribution in [2.24, 2.45) is 0 Å². The van der Waals surface area contributed by atoms with Crippen LogP contribution >= 0.6 is 0 Å². The number of aryl methyl sites for hydroxylation is 1. The molecule has 0 saturated carbocycles. The summed E-state index contributed by atoms with van der Waals surface area (Å²) in [6.07, 6.45) is 3.24. The molecule has 1 atom stereocenters. The van der Waals surface area contributed by atoms with Crippen molar-refractivity contribution in [2.75, 3.05) is 29.9 Å². The molecule has 0 aromatic carbocycles. The fraction of sp³-hybridized carbons (Fsp3) is 0.429. The number of hydrogen-bond acceptors (Lipinski definition) is 5. The third-order valence-electron chi connectivity index (χ3n) is 3.72. The van der Waals surface area contributed by atoms with Crippen LogP contribution in [0, 0.1) is 6.92 Å². The van der Waals surface area contributed by atoms with Gasteiger partial charge in [-0.1, -0.05) is 0 Å². The number of urea groups is 1. The van der Waals surface area contributed by atoms with Gasteiger partial charge in [0.25, 0.3) is 0 Å². The SMILES string of the molecule is Cc1cnc2c(c1)N(C(=O)NC(C)c1ncn[nH]1)CCN2C. The quantitative estimate of drug-likeness (QED) is 0.871. The van der Waals surface area contributed by atoms with Crippen LogP contribution in [0.3, 0.4) is 0 Å². The third kappa shape index (κ3) is 2.59. The Labute approximate surface area is 128 Å². The maximum absolute atomic E-state index is 12.6. The van der Waals surface area contributed by atoms with E-state index in [1.165, 1.54) is 6.33 Å². The number of rotatable bonds is 2. The van der Waals surface area contributed by atoms with Crippen LogP contribution in [-0.2, 0) is 0 Å². The van der Waals surface area contributed by atoms with Crippen LogP contribution in [0.4, 0.5) is 16.3 Å². The van der Waals surface area contributed by atoms with Crippen molar-refractivity contribution in [3.05, 3.63) is 30.0 Å². The molecule has 2 aromatic heterocycles. The summed E-state index contributed by atoms with van der Waals surface area (Å²) >= 11 is 0. The molecule has 8 nitrogen and oxygen atoms in total. The van der Waals surface area contributed by atoms with Crippen molar-refractivity contribution < 1.29 is 4.79 Å². The monoisotopic (exact) mass is 301 g/mol. The van der Waals surface area contributed by atoms with Gasteiger partial charge in [0.05, 0.1) is 11.7 Å². The van der Waals surface area contributed by atoms with Crippen molar-refractivity contribution in [3.63, 3.8) is 0 Å². The highest BCUT2D eigenvalue weighted by Crippen LogP contribution is 2.30. The molecule has 3 heterocycles. The molecule has 22 heavy (non-hydrogen) atoms. The number of nitrogens with zero attached hydrogens (tertiary/aromatic N) is 5. The number of anilines is 2. The van der Waals surface area contributed by atoms with E-state index in [-0.39, 0.29) is 12.1 Å². The average Bonchev–Trinajstić information content (AvgIpc) is 3.01. The van der Waals surface area contributed by atoms with Crippen LogP contribution in [0.25, 0.3) is 0 Å². The number of nitrogens with one attached hydrogen (secondary N) is 2. The normalized spacial score (nSPS) is 15.4. The molecule has 3 rings (SSSR count). The lowest BCUT2D eigenvalue weighted by atomic mass is 10.2. The molecular formula is C14H19N7O. The Bertz CT molecular complexity index is 670. The highest BCUT2D eigenvalue weighted by molar-refractivity contribution is 5.96. The Hall–Kier alpha value is -2.64. The van der Waals surface area contributed by atoms with E-state index in [0.717, 1.165) is 23.6 Å². The number of H-pyrrole nitrogens is 1. The molecule has 1 aliphatic rings. The molecular weight excluding hydrogens is 282 g/mol. The summed E-state index contributed by atoms with van der Waals surface area (Å²) in [4.78, 5) is 24.9. The number of aromatic nitrogens is 4. The molecule has 1 unspecified atom stereocenters. The van der Waals surface area contributed by atoms with Gasteiger partial charge >= 0.3 is 6.03 Å². The summed E-state index contributed by atoms with van der Waals surface area (Å²) in [7, 11) is 1.98. The van der Waals surface area contributed by atoms with Crippen LogP contribution in [-0.4, -0.2) is 46.3 Å². The minimum Gasteiger partial charge on any atom is -0.356 e. The fourth-order valence-electron chi connectivity index (χ4n) is 2.48. The van der Waals surface area contributed by atoms with E-state index in [0.29, 0.717) is 12.4 Å². The van der Waals surface area contributed by atoms with Crippen molar-refractivity contribution in [1.82, 2.24) is 25.5 Å². The number of carbonyl (C=O) groups excluding carboxylic acids is 1. The number of amides is 2. The zero-order valence-electron chi connectivity index (χ0n) is 12.9. The lowest BCUT2D eigenvalue weighted by Crippen LogP contribution is -2.48. The second-order valence-electron chi connectivity index (χ2n) is 5.47. The zero-order chi connectivity index (χ0) is 15.7. The van der Waals surface area contributed by atoms with Crippen LogP contribution in [0.1, 0.15) is 24.4 Å². The molecule has 0 aliphatic carbocycles. The van der Waals surface area contributed by atoms with Gasteiger partial charge in [-0.25, -0.2) is 14.8 Å². The molecule has 116 valence electrons. The molecule has 2 N–H and O–H groups in total. The molecule has 0 saturated heterocycles. The van der Waals surface area contributed by atoms with Gasteiger partial charge in [0.15, 0.2) is 5.82 Å². The van der Waals surface area contributed by atoms with Gasteiger partial charge in [0.2, 0.25) is 0 Å². The van der Waals surface area contributed by atoms with Gasteiger partial charge in [-0.2, -0.15) is 5.10 Å². The van der Waals surface area contributed by atoms with Crippen LogP contribution in [0.2, 0.25) is 0 Å². The summed E-state index contributed by atoms with van der Waals surface area (Å²) in [5.41, 5.74) is 1.85. The first-order valence-corrected chi connectivity index (χ1v) is 7.17. The number of aromatic amines is 1. The summed E-state index contributed by atoms with van der Waals surface area (Å²) in [6, 6.07) is 1.58. The number of likely N-dealkylation sites (N-methyl/N-ethyl adjacent to an activating group) is 1. The van der Waals surface area contributed by atoms with Gasteiger partial charge < -0.3 is 10.2 Å². The van der Waals surface area contributed by atoms with E-state index in [2.05, 4.69) is 30.4 Å². The van der Waals surface area contributed by atoms with E-state index in [9.17, 15) is 4.79 Å². The van der Waals surface area contributed by atoms with Gasteiger partial charge in [0.1, 0.15) is 12.2 Å². The Kier molecular flexibility index (Phi) is 3.66. The highest BCUT2D eigenvalue weighted by Gasteiger charge is 2.27. The number of carbonyl (C=O) groups is 1. The predicted molar refractivity (Wildman–Crippen MR) is 82.9 cm³/mol. The van der Waals surface area contributed by atoms with Gasteiger partial charge in [-0.3, -0.25) is 10.00 Å². The molecule has 0 radical (unpaired) electrons. The van der Waals surface area contributed by atoms with Gasteiger partial charge in [0, 0.05) is 26.3 Å². The van der Waals surface area contributed by atoms with Crippen molar-refractivity contribution in [3.8, 4) is 0 Å². The summed E-state index contributed by atoms with van der Waals surface area (Å²) < 4.78 is 0. The molecule has 0 spiro atoms. The van der Waals surface area contributed by atoms with Crippen molar-refractivity contribution in [1.29, 1.82) is 0 Å². The van der Waals surface area contributed by atoms with Crippen LogP contribution in [0.15, 0.2) is 18.6 Å². The highest BCUT2D eigenvalue weighted by atomic mass is 16.2. The van der Waals surface area contributed by atoms with E-state index < -0.39 is 0 Å². The van der Waals surface area contributed by atoms with Gasteiger partial charge in [-0.15, -0.1) is 0 Å². The first kappa shape index (κ1) is 14.3.